The number of hydrogen-bond acceptors (Lipinski definition) is 2. The van der Waals surface area contributed by atoms with Crippen LogP contribution in [-0.2, 0) is 15.1 Å². The Balaban J connectivity index is 2.24. The Bertz CT molecular complexity index is 421. The van der Waals surface area contributed by atoms with E-state index in [9.17, 15) is 0 Å². The van der Waals surface area contributed by atoms with Crippen molar-refractivity contribution in [3.05, 3.63) is 54.6 Å². The van der Waals surface area contributed by atoms with E-state index in [0.717, 1.165) is 17.7 Å². The van der Waals surface area contributed by atoms with Crippen molar-refractivity contribution in [1.82, 2.24) is 0 Å². The van der Waals surface area contributed by atoms with E-state index in [1.165, 1.54) is 0 Å². The summed E-state index contributed by atoms with van der Waals surface area (Å²) >= 11 is 0. The van der Waals surface area contributed by atoms with Gasteiger partial charge in [-0.2, -0.15) is 0 Å². The van der Waals surface area contributed by atoms with E-state index < -0.39 is 5.60 Å². The second-order valence-electron chi connectivity index (χ2n) is 4.37. The third-order valence-corrected chi connectivity index (χ3v) is 3.08. The Morgan fingerprint density at radius 3 is 2.76 bits per heavy atom. The summed E-state index contributed by atoms with van der Waals surface area (Å²) in [4.78, 5) is 0. The molecule has 1 fully saturated rings. The molecule has 1 aromatic carbocycles. The highest BCUT2D eigenvalue weighted by Gasteiger charge is 2.30. The van der Waals surface area contributed by atoms with Crippen LogP contribution in [0.25, 0.3) is 6.08 Å². The van der Waals surface area contributed by atoms with Crippen LogP contribution in [0.2, 0.25) is 0 Å². The van der Waals surface area contributed by atoms with E-state index in [-0.39, 0.29) is 6.10 Å². The minimum absolute atomic E-state index is 0.255. The van der Waals surface area contributed by atoms with Crippen LogP contribution < -0.4 is 0 Å². The van der Waals surface area contributed by atoms with Gasteiger partial charge in [-0.1, -0.05) is 49.6 Å². The van der Waals surface area contributed by atoms with Crippen molar-refractivity contribution in [2.75, 3.05) is 13.2 Å². The first-order valence-corrected chi connectivity index (χ1v) is 5.80. The fourth-order valence-corrected chi connectivity index (χ4v) is 1.80. The van der Waals surface area contributed by atoms with Crippen molar-refractivity contribution in [2.24, 2.45) is 0 Å². The van der Waals surface area contributed by atoms with Crippen LogP contribution in [-0.4, -0.2) is 19.3 Å². The molecule has 0 N–H and O–H groups in total. The summed E-state index contributed by atoms with van der Waals surface area (Å²) in [6.07, 6.45) is 3.93. The molecular weight excluding hydrogens is 212 g/mol. The largest absolute Gasteiger partial charge is 0.371 e. The van der Waals surface area contributed by atoms with E-state index in [1.54, 1.807) is 0 Å². The molecule has 0 aliphatic carbocycles. The molecular formula is C15H18O2. The van der Waals surface area contributed by atoms with Crippen LogP contribution >= 0.6 is 0 Å². The van der Waals surface area contributed by atoms with E-state index in [1.807, 2.05) is 43.3 Å². The lowest BCUT2D eigenvalue weighted by molar-refractivity contribution is -0.00591. The summed E-state index contributed by atoms with van der Waals surface area (Å²) in [5.41, 5.74) is 1.67. The molecule has 2 unspecified atom stereocenters. The van der Waals surface area contributed by atoms with Gasteiger partial charge < -0.3 is 9.47 Å². The summed E-state index contributed by atoms with van der Waals surface area (Å²) in [6, 6.07) is 8.07. The first-order valence-electron chi connectivity index (χ1n) is 5.80. The van der Waals surface area contributed by atoms with Crippen molar-refractivity contribution < 1.29 is 9.47 Å². The molecule has 2 nitrogen and oxygen atoms in total. The molecule has 90 valence electrons. The van der Waals surface area contributed by atoms with Crippen LogP contribution in [0.5, 0.6) is 0 Å². The molecule has 17 heavy (non-hydrogen) atoms. The quantitative estimate of drug-likeness (QED) is 0.553. The minimum Gasteiger partial charge on any atom is -0.371 e. The molecule has 0 spiro atoms. The van der Waals surface area contributed by atoms with Crippen molar-refractivity contribution in [1.29, 1.82) is 0 Å². The summed E-state index contributed by atoms with van der Waals surface area (Å²) in [5.74, 6) is 0. The van der Waals surface area contributed by atoms with Gasteiger partial charge in [0.15, 0.2) is 0 Å². The Morgan fingerprint density at radius 1 is 1.47 bits per heavy atom. The highest BCUT2D eigenvalue weighted by atomic mass is 16.6. The Labute approximate surface area is 103 Å². The zero-order valence-electron chi connectivity index (χ0n) is 10.2. The molecule has 0 bridgehead atoms. The zero-order valence-corrected chi connectivity index (χ0v) is 10.2. The average molecular weight is 230 g/mol. The highest BCUT2D eigenvalue weighted by Crippen LogP contribution is 2.31. The van der Waals surface area contributed by atoms with Crippen LogP contribution in [0, 0.1) is 0 Å². The third-order valence-electron chi connectivity index (χ3n) is 3.08. The van der Waals surface area contributed by atoms with Gasteiger partial charge in [-0.05, 0) is 18.1 Å². The molecule has 0 saturated carbocycles. The molecule has 0 aromatic heterocycles. The van der Waals surface area contributed by atoms with Crippen LogP contribution in [0.15, 0.2) is 43.5 Å². The lowest BCUT2D eigenvalue weighted by Gasteiger charge is -2.28. The van der Waals surface area contributed by atoms with Gasteiger partial charge in [0.25, 0.3) is 0 Å². The number of epoxide rings is 1. The van der Waals surface area contributed by atoms with Gasteiger partial charge in [0, 0.05) is 0 Å². The topological polar surface area (TPSA) is 21.8 Å². The second kappa shape index (κ2) is 4.86. The summed E-state index contributed by atoms with van der Waals surface area (Å²) in [7, 11) is 0. The summed E-state index contributed by atoms with van der Waals surface area (Å²) in [6.45, 7) is 11.1. The molecule has 2 atom stereocenters. The fraction of sp³-hybridized carbons (Fsp3) is 0.333. The smallest absolute Gasteiger partial charge is 0.109 e. The molecule has 0 amide bonds. The summed E-state index contributed by atoms with van der Waals surface area (Å²) in [5, 5.41) is 0. The zero-order chi connectivity index (χ0) is 12.3. The fourth-order valence-electron chi connectivity index (χ4n) is 1.80. The lowest BCUT2D eigenvalue weighted by Crippen LogP contribution is -2.26. The second-order valence-corrected chi connectivity index (χ2v) is 4.37. The number of benzene rings is 1. The third kappa shape index (κ3) is 2.65. The average Bonchev–Trinajstić information content (AvgIpc) is 3.20. The van der Waals surface area contributed by atoms with Gasteiger partial charge in [0.1, 0.15) is 11.7 Å². The SMILES string of the molecule is C=Cc1ccccc1C(C)(C=C)OCC1CO1. The Morgan fingerprint density at radius 2 is 2.18 bits per heavy atom. The van der Waals surface area contributed by atoms with Gasteiger partial charge >= 0.3 is 0 Å². The molecule has 2 heteroatoms. The van der Waals surface area contributed by atoms with Crippen molar-refractivity contribution >= 4 is 6.08 Å². The van der Waals surface area contributed by atoms with E-state index in [0.29, 0.717) is 6.61 Å². The maximum absolute atomic E-state index is 5.94. The van der Waals surface area contributed by atoms with Crippen LogP contribution in [0.4, 0.5) is 0 Å². The van der Waals surface area contributed by atoms with E-state index >= 15 is 0 Å². The Hall–Kier alpha value is -1.38. The molecule has 0 radical (unpaired) electrons. The van der Waals surface area contributed by atoms with Crippen molar-refractivity contribution in [2.45, 2.75) is 18.6 Å². The number of rotatable bonds is 6. The van der Waals surface area contributed by atoms with Gasteiger partial charge in [0.2, 0.25) is 0 Å². The summed E-state index contributed by atoms with van der Waals surface area (Å²) < 4.78 is 11.1. The standard InChI is InChI=1S/C15H18O2/c1-4-12-8-6-7-9-14(12)15(3,5-2)17-11-13-10-16-13/h4-9,13H,1-2,10-11H2,3H3. The first-order chi connectivity index (χ1) is 8.19. The monoisotopic (exact) mass is 230 g/mol. The lowest BCUT2D eigenvalue weighted by atomic mass is 9.91. The van der Waals surface area contributed by atoms with Gasteiger partial charge in [-0.15, -0.1) is 0 Å². The van der Waals surface area contributed by atoms with E-state index in [4.69, 9.17) is 9.47 Å². The van der Waals surface area contributed by atoms with Crippen LogP contribution in [0.1, 0.15) is 18.1 Å². The van der Waals surface area contributed by atoms with Gasteiger partial charge in [-0.3, -0.25) is 0 Å². The first kappa shape index (κ1) is 12.1. The maximum Gasteiger partial charge on any atom is 0.109 e. The van der Waals surface area contributed by atoms with Crippen molar-refractivity contribution in [3.63, 3.8) is 0 Å². The molecule has 1 aliphatic heterocycles. The normalized spacial score (nSPS) is 21.6. The predicted molar refractivity (Wildman–Crippen MR) is 69.8 cm³/mol. The van der Waals surface area contributed by atoms with Crippen LogP contribution in [0.3, 0.4) is 0 Å². The van der Waals surface area contributed by atoms with Crippen molar-refractivity contribution in [3.8, 4) is 0 Å². The molecule has 1 saturated heterocycles. The molecule has 2 rings (SSSR count). The predicted octanol–water partition coefficient (Wildman–Crippen LogP) is 3.15. The van der Waals surface area contributed by atoms with Gasteiger partial charge in [0.05, 0.1) is 13.2 Å². The van der Waals surface area contributed by atoms with Gasteiger partial charge in [-0.25, -0.2) is 0 Å². The molecule has 1 aliphatic rings. The minimum atomic E-state index is -0.489. The van der Waals surface area contributed by atoms with E-state index in [2.05, 4.69) is 13.2 Å². The maximum atomic E-state index is 5.94. The number of hydrogen-bond donors (Lipinski definition) is 0. The Kier molecular flexibility index (Phi) is 3.46. The molecule has 1 heterocycles. The highest BCUT2D eigenvalue weighted by molar-refractivity contribution is 5.54. The molecule has 1 aromatic rings. The number of ether oxygens (including phenoxy) is 2.